The highest BCUT2D eigenvalue weighted by atomic mass is 32.1. The van der Waals surface area contributed by atoms with Gasteiger partial charge < -0.3 is 10.6 Å². The zero-order valence-corrected chi connectivity index (χ0v) is 15.5. The molecule has 0 saturated carbocycles. The van der Waals surface area contributed by atoms with Crippen molar-refractivity contribution < 1.29 is 27.2 Å². The van der Waals surface area contributed by atoms with Crippen LogP contribution < -0.4 is 10.6 Å². The summed E-state index contributed by atoms with van der Waals surface area (Å²) in [6, 6.07) is 5.90. The number of nitrogens with zero attached hydrogens (tertiary/aromatic N) is 1. The molecule has 29 heavy (non-hydrogen) atoms. The van der Waals surface area contributed by atoms with Gasteiger partial charge in [0.25, 0.3) is 5.91 Å². The van der Waals surface area contributed by atoms with Crippen molar-refractivity contribution in [2.45, 2.75) is 6.42 Å². The molecule has 0 atom stereocenters. The molecule has 2 aromatic carbocycles. The third-order valence-electron chi connectivity index (χ3n) is 3.78. The van der Waals surface area contributed by atoms with Gasteiger partial charge in [0.15, 0.2) is 16.8 Å². The molecule has 0 radical (unpaired) electrons. The van der Waals surface area contributed by atoms with Crippen molar-refractivity contribution in [1.82, 2.24) is 10.3 Å². The second-order valence-corrected chi connectivity index (χ2v) is 6.70. The summed E-state index contributed by atoms with van der Waals surface area (Å²) in [5.41, 5.74) is 0.390. The molecular weight excluding hydrogens is 410 g/mol. The molecule has 0 bridgehead atoms. The van der Waals surface area contributed by atoms with Crippen molar-refractivity contribution >= 4 is 28.3 Å². The normalized spacial score (nSPS) is 10.6. The minimum Gasteiger partial charge on any atom is -0.351 e. The van der Waals surface area contributed by atoms with Crippen LogP contribution in [0, 0.1) is 23.3 Å². The van der Waals surface area contributed by atoms with Crippen LogP contribution in [-0.2, 0) is 4.79 Å². The van der Waals surface area contributed by atoms with E-state index in [1.807, 2.05) is 0 Å². The van der Waals surface area contributed by atoms with Gasteiger partial charge in [-0.25, -0.2) is 22.5 Å². The van der Waals surface area contributed by atoms with Gasteiger partial charge in [0.2, 0.25) is 5.91 Å². The Hall–Kier alpha value is -3.27. The van der Waals surface area contributed by atoms with E-state index in [9.17, 15) is 27.2 Å². The van der Waals surface area contributed by atoms with E-state index in [2.05, 4.69) is 15.6 Å². The molecule has 0 spiro atoms. The SMILES string of the molecule is O=C(CCNC(=O)c1ccc(F)cc1F)Nc1nc(-c2ccc(F)c(F)c2)cs1. The lowest BCUT2D eigenvalue weighted by Crippen LogP contribution is -2.28. The number of hydrogen-bond acceptors (Lipinski definition) is 4. The first kappa shape index (κ1) is 20.5. The molecular formula is C19H13F4N3O2S. The van der Waals surface area contributed by atoms with E-state index < -0.39 is 35.1 Å². The maximum absolute atomic E-state index is 13.5. The van der Waals surface area contributed by atoms with Gasteiger partial charge in [0.1, 0.15) is 11.6 Å². The number of halogens is 4. The molecule has 3 rings (SSSR count). The van der Waals surface area contributed by atoms with E-state index >= 15 is 0 Å². The summed E-state index contributed by atoms with van der Waals surface area (Å²) < 4.78 is 52.7. The number of nitrogens with one attached hydrogen (secondary N) is 2. The topological polar surface area (TPSA) is 71.1 Å². The predicted molar refractivity (Wildman–Crippen MR) is 99.4 cm³/mol. The first-order chi connectivity index (χ1) is 13.8. The summed E-state index contributed by atoms with van der Waals surface area (Å²) in [5.74, 6) is -5.01. The van der Waals surface area contributed by atoms with Crippen molar-refractivity contribution in [1.29, 1.82) is 0 Å². The van der Waals surface area contributed by atoms with Crippen molar-refractivity contribution in [3.05, 3.63) is 70.6 Å². The summed E-state index contributed by atoms with van der Waals surface area (Å²) in [7, 11) is 0. The minimum absolute atomic E-state index is 0.0805. The second kappa shape index (κ2) is 8.82. The highest BCUT2D eigenvalue weighted by molar-refractivity contribution is 7.14. The molecule has 2 amide bonds. The van der Waals surface area contributed by atoms with E-state index in [0.717, 1.165) is 35.6 Å². The molecule has 0 saturated heterocycles. The number of carbonyl (C=O) groups excluding carboxylic acids is 2. The number of aromatic nitrogens is 1. The summed E-state index contributed by atoms with van der Waals surface area (Å²) in [4.78, 5) is 27.9. The monoisotopic (exact) mass is 423 g/mol. The van der Waals surface area contributed by atoms with Crippen LogP contribution in [0.25, 0.3) is 11.3 Å². The summed E-state index contributed by atoms with van der Waals surface area (Å²) in [6.45, 7) is -0.0805. The number of amides is 2. The first-order valence-corrected chi connectivity index (χ1v) is 9.15. The quantitative estimate of drug-likeness (QED) is 0.586. The van der Waals surface area contributed by atoms with Gasteiger partial charge in [-0.05, 0) is 30.3 Å². The Morgan fingerprint density at radius 2 is 1.76 bits per heavy atom. The Balaban J connectivity index is 1.51. The molecule has 2 N–H and O–H groups in total. The van der Waals surface area contributed by atoms with E-state index in [4.69, 9.17) is 0 Å². The fraction of sp³-hybridized carbons (Fsp3) is 0.105. The van der Waals surface area contributed by atoms with Gasteiger partial charge in [-0.15, -0.1) is 11.3 Å². The van der Waals surface area contributed by atoms with Gasteiger partial charge in [0, 0.05) is 30.0 Å². The zero-order valence-electron chi connectivity index (χ0n) is 14.6. The first-order valence-electron chi connectivity index (χ1n) is 8.27. The van der Waals surface area contributed by atoms with Crippen molar-refractivity contribution in [3.63, 3.8) is 0 Å². The molecule has 0 unspecified atom stereocenters. The summed E-state index contributed by atoms with van der Waals surface area (Å²) >= 11 is 1.09. The smallest absolute Gasteiger partial charge is 0.254 e. The van der Waals surface area contributed by atoms with Gasteiger partial charge in [0.05, 0.1) is 11.3 Å². The number of benzene rings is 2. The van der Waals surface area contributed by atoms with Crippen molar-refractivity contribution in [2.75, 3.05) is 11.9 Å². The molecule has 150 valence electrons. The lowest BCUT2D eigenvalue weighted by atomic mass is 10.2. The van der Waals surface area contributed by atoms with Gasteiger partial charge in [-0.2, -0.15) is 0 Å². The molecule has 5 nitrogen and oxygen atoms in total. The average molecular weight is 423 g/mol. The Morgan fingerprint density at radius 3 is 2.48 bits per heavy atom. The lowest BCUT2D eigenvalue weighted by molar-refractivity contribution is -0.116. The minimum atomic E-state index is -1.01. The van der Waals surface area contributed by atoms with Crippen LogP contribution in [-0.4, -0.2) is 23.3 Å². The maximum Gasteiger partial charge on any atom is 0.254 e. The Kier molecular flexibility index (Phi) is 6.23. The number of hydrogen-bond donors (Lipinski definition) is 2. The lowest BCUT2D eigenvalue weighted by Gasteiger charge is -2.06. The van der Waals surface area contributed by atoms with Gasteiger partial charge in [-0.1, -0.05) is 0 Å². The van der Waals surface area contributed by atoms with Crippen molar-refractivity contribution in [3.8, 4) is 11.3 Å². The third-order valence-corrected chi connectivity index (χ3v) is 4.54. The Morgan fingerprint density at radius 1 is 0.966 bits per heavy atom. The van der Waals surface area contributed by atoms with Crippen LogP contribution in [0.5, 0.6) is 0 Å². The molecule has 3 aromatic rings. The Labute approximate surface area is 166 Å². The number of rotatable bonds is 6. The van der Waals surface area contributed by atoms with Crippen LogP contribution in [0.1, 0.15) is 16.8 Å². The fourth-order valence-corrected chi connectivity index (χ4v) is 3.10. The molecule has 10 heteroatoms. The summed E-state index contributed by atoms with van der Waals surface area (Å²) in [6.07, 6.45) is -0.116. The zero-order chi connectivity index (χ0) is 21.0. The van der Waals surface area contributed by atoms with E-state index in [1.54, 1.807) is 5.38 Å². The third kappa shape index (κ3) is 5.17. The van der Waals surface area contributed by atoms with Crippen LogP contribution in [0.4, 0.5) is 22.7 Å². The van der Waals surface area contributed by atoms with Crippen molar-refractivity contribution in [2.24, 2.45) is 0 Å². The second-order valence-electron chi connectivity index (χ2n) is 5.85. The van der Waals surface area contributed by atoms with E-state index in [-0.39, 0.29) is 23.7 Å². The van der Waals surface area contributed by atoms with Gasteiger partial charge >= 0.3 is 0 Å². The maximum atomic E-state index is 13.5. The highest BCUT2D eigenvalue weighted by Crippen LogP contribution is 2.26. The molecule has 0 fully saturated rings. The number of thiazole rings is 1. The average Bonchev–Trinajstić information content (AvgIpc) is 3.12. The fourth-order valence-electron chi connectivity index (χ4n) is 2.36. The Bertz CT molecular complexity index is 1070. The standard InChI is InChI=1S/C19H13F4N3O2S/c20-11-2-3-12(14(22)8-11)18(28)24-6-5-17(27)26-19-25-16(9-29-19)10-1-4-13(21)15(23)7-10/h1-4,7-9H,5-6H2,(H,24,28)(H,25,26,27). The van der Waals surface area contributed by atoms with E-state index in [1.165, 1.54) is 6.07 Å². The number of anilines is 1. The predicted octanol–water partition coefficient (Wildman–Crippen LogP) is 4.13. The molecule has 1 aromatic heterocycles. The van der Waals surface area contributed by atoms with Crippen LogP contribution in [0.3, 0.4) is 0 Å². The largest absolute Gasteiger partial charge is 0.351 e. The van der Waals surface area contributed by atoms with E-state index in [0.29, 0.717) is 17.3 Å². The highest BCUT2D eigenvalue weighted by Gasteiger charge is 2.14. The summed E-state index contributed by atoms with van der Waals surface area (Å²) in [5, 5.41) is 6.69. The number of carbonyl (C=O) groups is 2. The van der Waals surface area contributed by atoms with Gasteiger partial charge in [-0.3, -0.25) is 9.59 Å². The van der Waals surface area contributed by atoms with Crippen LogP contribution in [0.2, 0.25) is 0 Å². The van der Waals surface area contributed by atoms with Crippen LogP contribution >= 0.6 is 11.3 Å². The molecule has 0 aliphatic rings. The van der Waals surface area contributed by atoms with Crippen LogP contribution in [0.15, 0.2) is 41.8 Å². The molecule has 0 aliphatic carbocycles. The molecule has 0 aliphatic heterocycles. The molecule has 1 heterocycles.